The van der Waals surface area contributed by atoms with E-state index in [4.69, 9.17) is 4.74 Å². The van der Waals surface area contributed by atoms with Crippen LogP contribution in [0.5, 0.6) is 5.75 Å². The molecule has 2 aromatic carbocycles. The van der Waals surface area contributed by atoms with Crippen LogP contribution < -0.4 is 4.74 Å². The maximum atomic E-state index is 11.4. The molecule has 0 heterocycles. The molecule has 0 amide bonds. The van der Waals surface area contributed by atoms with Crippen molar-refractivity contribution in [2.24, 2.45) is 0 Å². The molecule has 6 heteroatoms. The van der Waals surface area contributed by atoms with Crippen molar-refractivity contribution in [1.82, 2.24) is 0 Å². The van der Waals surface area contributed by atoms with Crippen LogP contribution in [0.2, 0.25) is 0 Å². The molecular formula is C15H11I3O3. The van der Waals surface area contributed by atoms with E-state index in [1.807, 2.05) is 12.1 Å². The van der Waals surface area contributed by atoms with Crippen molar-refractivity contribution in [2.75, 3.05) is 7.11 Å². The van der Waals surface area contributed by atoms with E-state index >= 15 is 0 Å². The van der Waals surface area contributed by atoms with Crippen LogP contribution in [0.4, 0.5) is 0 Å². The highest BCUT2D eigenvalue weighted by atomic mass is 127. The van der Waals surface area contributed by atoms with Gasteiger partial charge in [-0.05, 0) is 97.6 Å². The van der Waals surface area contributed by atoms with Gasteiger partial charge in [0.1, 0.15) is 12.4 Å². The Morgan fingerprint density at radius 1 is 1.05 bits per heavy atom. The second kappa shape index (κ2) is 7.95. The van der Waals surface area contributed by atoms with Crippen molar-refractivity contribution >= 4 is 73.7 Å². The smallest absolute Gasteiger partial charge is 0.337 e. The lowest BCUT2D eigenvalue weighted by atomic mass is 10.1. The van der Waals surface area contributed by atoms with Gasteiger partial charge in [-0.25, -0.2) is 4.79 Å². The van der Waals surface area contributed by atoms with Gasteiger partial charge >= 0.3 is 5.97 Å². The molecule has 0 bridgehead atoms. The summed E-state index contributed by atoms with van der Waals surface area (Å²) in [5.74, 6) is 0.567. The highest BCUT2D eigenvalue weighted by Gasteiger charge is 2.09. The SMILES string of the molecule is COC(=O)c1ccc(COc2c(I)cc(I)cc2I)cc1. The summed E-state index contributed by atoms with van der Waals surface area (Å²) < 4.78 is 14.0. The highest BCUT2D eigenvalue weighted by Crippen LogP contribution is 2.30. The Kier molecular flexibility index (Phi) is 6.53. The Hall–Kier alpha value is -0.1000. The van der Waals surface area contributed by atoms with E-state index in [-0.39, 0.29) is 5.97 Å². The van der Waals surface area contributed by atoms with Gasteiger partial charge in [-0.1, -0.05) is 12.1 Å². The number of esters is 1. The van der Waals surface area contributed by atoms with Crippen LogP contribution in [0.3, 0.4) is 0 Å². The molecule has 0 fully saturated rings. The summed E-state index contributed by atoms with van der Waals surface area (Å²) in [5, 5.41) is 0. The number of hydrogen-bond donors (Lipinski definition) is 0. The molecule has 0 aliphatic carbocycles. The molecule has 0 atom stereocenters. The number of methoxy groups -OCH3 is 1. The van der Waals surface area contributed by atoms with Gasteiger partial charge in [0.05, 0.1) is 19.8 Å². The van der Waals surface area contributed by atoms with Crippen LogP contribution in [0.25, 0.3) is 0 Å². The first-order valence-electron chi connectivity index (χ1n) is 5.96. The van der Waals surface area contributed by atoms with Gasteiger partial charge in [-0.3, -0.25) is 0 Å². The minimum absolute atomic E-state index is 0.329. The number of carbonyl (C=O) groups is 1. The van der Waals surface area contributed by atoms with E-state index in [0.717, 1.165) is 18.5 Å². The fourth-order valence-electron chi connectivity index (χ4n) is 1.68. The number of hydrogen-bond acceptors (Lipinski definition) is 3. The van der Waals surface area contributed by atoms with Gasteiger partial charge < -0.3 is 9.47 Å². The summed E-state index contributed by atoms with van der Waals surface area (Å²) in [7, 11) is 1.38. The maximum Gasteiger partial charge on any atom is 0.337 e. The molecule has 0 aliphatic rings. The van der Waals surface area contributed by atoms with E-state index in [1.54, 1.807) is 12.1 Å². The number of carbonyl (C=O) groups excluding carboxylic acids is 1. The zero-order chi connectivity index (χ0) is 15.4. The minimum atomic E-state index is -0.329. The van der Waals surface area contributed by atoms with Crippen LogP contribution in [-0.4, -0.2) is 13.1 Å². The van der Waals surface area contributed by atoms with Crippen LogP contribution in [0, 0.1) is 10.7 Å². The van der Waals surface area contributed by atoms with Crippen molar-refractivity contribution in [2.45, 2.75) is 6.61 Å². The molecule has 0 aliphatic heterocycles. The second-order valence-corrected chi connectivity index (χ2v) is 7.75. The van der Waals surface area contributed by atoms with Gasteiger partial charge in [0.15, 0.2) is 0 Å². The molecule has 0 saturated carbocycles. The summed E-state index contributed by atoms with van der Waals surface area (Å²) in [6.07, 6.45) is 0. The second-order valence-electron chi connectivity index (χ2n) is 4.18. The van der Waals surface area contributed by atoms with Crippen molar-refractivity contribution in [3.05, 3.63) is 58.2 Å². The average Bonchev–Trinajstić information content (AvgIpc) is 2.46. The summed E-state index contributed by atoms with van der Waals surface area (Å²) >= 11 is 6.85. The van der Waals surface area contributed by atoms with Crippen LogP contribution in [0.1, 0.15) is 15.9 Å². The summed E-state index contributed by atoms with van der Waals surface area (Å²) in [6, 6.07) is 11.4. The molecule has 0 N–H and O–H groups in total. The summed E-state index contributed by atoms with van der Waals surface area (Å²) in [4.78, 5) is 11.4. The number of benzene rings is 2. The van der Waals surface area contributed by atoms with Crippen molar-refractivity contribution in [3.8, 4) is 5.75 Å². The minimum Gasteiger partial charge on any atom is -0.487 e. The quantitative estimate of drug-likeness (QED) is 0.362. The number of halogens is 3. The Balaban J connectivity index is 2.08. The van der Waals surface area contributed by atoms with Crippen LogP contribution in [0.15, 0.2) is 36.4 Å². The average molecular weight is 620 g/mol. The number of rotatable bonds is 4. The fourth-order valence-corrected chi connectivity index (χ4v) is 5.57. The van der Waals surface area contributed by atoms with E-state index in [2.05, 4.69) is 84.6 Å². The van der Waals surface area contributed by atoms with Gasteiger partial charge in [0.2, 0.25) is 0 Å². The molecule has 0 saturated heterocycles. The molecule has 0 unspecified atom stereocenters. The first kappa shape index (κ1) is 17.3. The van der Waals surface area contributed by atoms with Crippen molar-refractivity contribution < 1.29 is 14.3 Å². The van der Waals surface area contributed by atoms with Gasteiger partial charge in [0, 0.05) is 3.57 Å². The zero-order valence-electron chi connectivity index (χ0n) is 11.0. The fraction of sp³-hybridized carbons (Fsp3) is 0.133. The molecular weight excluding hydrogens is 609 g/mol. The van der Waals surface area contributed by atoms with Crippen molar-refractivity contribution in [3.63, 3.8) is 0 Å². The van der Waals surface area contributed by atoms with Gasteiger partial charge in [-0.15, -0.1) is 0 Å². The molecule has 2 aromatic rings. The van der Waals surface area contributed by atoms with E-state index in [0.29, 0.717) is 12.2 Å². The third kappa shape index (κ3) is 4.68. The third-order valence-corrected chi connectivity index (χ3v) is 4.95. The van der Waals surface area contributed by atoms with E-state index < -0.39 is 0 Å². The summed E-state index contributed by atoms with van der Waals surface area (Å²) in [5.41, 5.74) is 1.55. The maximum absolute atomic E-state index is 11.4. The molecule has 0 spiro atoms. The molecule has 21 heavy (non-hydrogen) atoms. The Morgan fingerprint density at radius 3 is 2.14 bits per heavy atom. The lowest BCUT2D eigenvalue weighted by molar-refractivity contribution is 0.0600. The number of ether oxygens (including phenoxy) is 2. The lowest BCUT2D eigenvalue weighted by Gasteiger charge is -2.11. The van der Waals surface area contributed by atoms with Crippen LogP contribution >= 0.6 is 67.8 Å². The Morgan fingerprint density at radius 2 is 1.62 bits per heavy atom. The molecule has 2 rings (SSSR count). The van der Waals surface area contributed by atoms with Crippen LogP contribution in [-0.2, 0) is 11.3 Å². The van der Waals surface area contributed by atoms with E-state index in [1.165, 1.54) is 10.7 Å². The standard InChI is InChI=1S/C15H11I3O3/c1-20-15(19)10-4-2-9(3-5-10)8-21-14-12(17)6-11(16)7-13(14)18/h2-7H,8H2,1H3. The lowest BCUT2D eigenvalue weighted by Crippen LogP contribution is -2.03. The van der Waals surface area contributed by atoms with E-state index in [9.17, 15) is 4.79 Å². The summed E-state index contributed by atoms with van der Waals surface area (Å²) in [6.45, 7) is 0.466. The van der Waals surface area contributed by atoms with Crippen molar-refractivity contribution in [1.29, 1.82) is 0 Å². The molecule has 0 radical (unpaired) electrons. The monoisotopic (exact) mass is 620 g/mol. The highest BCUT2D eigenvalue weighted by molar-refractivity contribution is 14.1. The molecule has 0 aromatic heterocycles. The first-order valence-corrected chi connectivity index (χ1v) is 9.19. The Bertz CT molecular complexity index is 631. The van der Waals surface area contributed by atoms with Gasteiger partial charge in [0.25, 0.3) is 0 Å². The zero-order valence-corrected chi connectivity index (χ0v) is 17.5. The predicted octanol–water partition coefficient (Wildman–Crippen LogP) is 4.87. The first-order chi connectivity index (χ1) is 10.0. The topological polar surface area (TPSA) is 35.5 Å². The third-order valence-electron chi connectivity index (χ3n) is 2.72. The normalized spacial score (nSPS) is 10.3. The molecule has 3 nitrogen and oxygen atoms in total. The Labute approximate surface area is 164 Å². The largest absolute Gasteiger partial charge is 0.487 e. The predicted molar refractivity (Wildman–Crippen MR) is 107 cm³/mol. The van der Waals surface area contributed by atoms with Gasteiger partial charge in [-0.2, -0.15) is 0 Å². The molecule has 110 valence electrons.